The maximum absolute atomic E-state index is 12.9. The molecule has 0 aliphatic carbocycles. The first-order valence-electron chi connectivity index (χ1n) is 7.54. The first-order chi connectivity index (χ1) is 11.1. The summed E-state index contributed by atoms with van der Waals surface area (Å²) in [7, 11) is 0. The summed E-state index contributed by atoms with van der Waals surface area (Å²) in [5.41, 5.74) is -0.801. The van der Waals surface area contributed by atoms with Crippen LogP contribution in [0.3, 0.4) is 0 Å². The lowest BCUT2D eigenvalue weighted by Crippen LogP contribution is -2.39. The highest BCUT2D eigenvalue weighted by molar-refractivity contribution is 5.80. The highest BCUT2D eigenvalue weighted by Crippen LogP contribution is 2.32. The highest BCUT2D eigenvalue weighted by Gasteiger charge is 2.32. The zero-order valence-corrected chi connectivity index (χ0v) is 13.8. The SMILES string of the molecule is C[C@@H](C(=O)NCC(C)(C)c1cccc(C(F)(F)F)c1)n1ccnc1. The van der Waals surface area contributed by atoms with Gasteiger partial charge in [-0.15, -0.1) is 0 Å². The van der Waals surface area contributed by atoms with E-state index in [2.05, 4.69) is 10.3 Å². The number of hydrogen-bond donors (Lipinski definition) is 1. The number of carbonyl (C=O) groups is 1. The average molecular weight is 339 g/mol. The van der Waals surface area contributed by atoms with Crippen LogP contribution < -0.4 is 5.32 Å². The predicted octanol–water partition coefficient (Wildman–Crippen LogP) is 3.56. The zero-order valence-electron chi connectivity index (χ0n) is 13.8. The van der Waals surface area contributed by atoms with Crippen molar-refractivity contribution in [3.8, 4) is 0 Å². The minimum Gasteiger partial charge on any atom is -0.353 e. The smallest absolute Gasteiger partial charge is 0.353 e. The Morgan fingerprint density at radius 2 is 1.96 bits per heavy atom. The third-order valence-corrected chi connectivity index (χ3v) is 4.03. The van der Waals surface area contributed by atoms with Gasteiger partial charge in [-0.3, -0.25) is 4.79 Å². The van der Waals surface area contributed by atoms with Crippen LogP contribution in [0.4, 0.5) is 13.2 Å². The van der Waals surface area contributed by atoms with Gasteiger partial charge in [0, 0.05) is 24.4 Å². The Morgan fingerprint density at radius 3 is 2.54 bits per heavy atom. The quantitative estimate of drug-likeness (QED) is 0.905. The number of rotatable bonds is 5. The topological polar surface area (TPSA) is 46.9 Å². The normalized spacial score (nSPS) is 13.6. The molecule has 1 aromatic carbocycles. The Balaban J connectivity index is 2.07. The van der Waals surface area contributed by atoms with Gasteiger partial charge in [0.25, 0.3) is 0 Å². The van der Waals surface area contributed by atoms with Crippen LogP contribution in [0.25, 0.3) is 0 Å². The standard InChI is InChI=1S/C17H20F3N3O/c1-12(23-8-7-21-11-23)15(24)22-10-16(2,3)13-5-4-6-14(9-13)17(18,19)20/h4-9,11-12H,10H2,1-3H3,(H,22,24)/t12-/m0/s1. The molecule has 130 valence electrons. The third kappa shape index (κ3) is 4.15. The maximum atomic E-state index is 12.9. The maximum Gasteiger partial charge on any atom is 0.416 e. The van der Waals surface area contributed by atoms with Gasteiger partial charge in [-0.1, -0.05) is 32.0 Å². The first kappa shape index (κ1) is 18.0. The highest BCUT2D eigenvalue weighted by atomic mass is 19.4. The van der Waals surface area contributed by atoms with E-state index in [4.69, 9.17) is 0 Å². The van der Waals surface area contributed by atoms with Gasteiger partial charge < -0.3 is 9.88 Å². The van der Waals surface area contributed by atoms with Gasteiger partial charge in [-0.2, -0.15) is 13.2 Å². The van der Waals surface area contributed by atoms with Crippen LogP contribution in [0.1, 0.15) is 37.9 Å². The molecular weight excluding hydrogens is 319 g/mol. The molecule has 24 heavy (non-hydrogen) atoms. The van der Waals surface area contributed by atoms with E-state index < -0.39 is 23.2 Å². The van der Waals surface area contributed by atoms with Crippen molar-refractivity contribution in [1.82, 2.24) is 14.9 Å². The summed E-state index contributed by atoms with van der Waals surface area (Å²) in [5.74, 6) is -0.215. The number of hydrogen-bond acceptors (Lipinski definition) is 2. The molecule has 7 heteroatoms. The molecule has 4 nitrogen and oxygen atoms in total. The van der Waals surface area contributed by atoms with Crippen LogP contribution in [0.2, 0.25) is 0 Å². The minimum absolute atomic E-state index is 0.215. The van der Waals surface area contributed by atoms with Crippen molar-refractivity contribution in [3.05, 3.63) is 54.1 Å². The largest absolute Gasteiger partial charge is 0.416 e. The number of aromatic nitrogens is 2. The minimum atomic E-state index is -4.38. The van der Waals surface area contributed by atoms with E-state index in [1.165, 1.54) is 6.07 Å². The number of benzene rings is 1. The van der Waals surface area contributed by atoms with Crippen molar-refractivity contribution in [2.45, 2.75) is 38.4 Å². The molecule has 0 aliphatic rings. The Kier molecular flexibility index (Phi) is 5.01. The fourth-order valence-corrected chi connectivity index (χ4v) is 2.31. The van der Waals surface area contributed by atoms with E-state index in [-0.39, 0.29) is 12.5 Å². The summed E-state index contributed by atoms with van der Waals surface area (Å²) >= 11 is 0. The van der Waals surface area contributed by atoms with Crippen LogP contribution in [0.15, 0.2) is 43.0 Å². The van der Waals surface area contributed by atoms with Gasteiger partial charge in [0.05, 0.1) is 11.9 Å². The van der Waals surface area contributed by atoms with Crippen molar-refractivity contribution in [2.24, 2.45) is 0 Å². The number of nitrogens with one attached hydrogen (secondary N) is 1. The summed E-state index contributed by atoms with van der Waals surface area (Å²) in [6, 6.07) is 4.76. The van der Waals surface area contributed by atoms with Crippen molar-refractivity contribution in [2.75, 3.05) is 6.54 Å². The number of nitrogens with zero attached hydrogens (tertiary/aromatic N) is 2. The molecule has 0 aliphatic heterocycles. The van der Waals surface area contributed by atoms with Crippen molar-refractivity contribution in [3.63, 3.8) is 0 Å². The van der Waals surface area contributed by atoms with Crippen LogP contribution in [0.5, 0.6) is 0 Å². The molecular formula is C17H20F3N3O. The summed E-state index contributed by atoms with van der Waals surface area (Å²) in [5, 5.41) is 2.80. The van der Waals surface area contributed by atoms with Gasteiger partial charge in [-0.25, -0.2) is 4.98 Å². The summed E-state index contributed by atoms with van der Waals surface area (Å²) < 4.78 is 40.2. The number of carbonyl (C=O) groups excluding carboxylic acids is 1. The van der Waals surface area contributed by atoms with E-state index in [1.54, 1.807) is 50.1 Å². The molecule has 1 atom stereocenters. The molecule has 0 saturated carbocycles. The second kappa shape index (κ2) is 6.67. The van der Waals surface area contributed by atoms with Gasteiger partial charge in [-0.05, 0) is 18.6 Å². The van der Waals surface area contributed by atoms with Gasteiger partial charge in [0.2, 0.25) is 5.91 Å². The Hall–Kier alpha value is -2.31. The van der Waals surface area contributed by atoms with E-state index in [0.717, 1.165) is 12.1 Å². The van der Waals surface area contributed by atoms with E-state index in [1.807, 2.05) is 0 Å². The van der Waals surface area contributed by atoms with Crippen molar-refractivity contribution < 1.29 is 18.0 Å². The van der Waals surface area contributed by atoms with Gasteiger partial charge >= 0.3 is 6.18 Å². The Bertz CT molecular complexity index is 693. The zero-order chi connectivity index (χ0) is 18.0. The molecule has 2 rings (SSSR count). The molecule has 0 saturated heterocycles. The van der Waals surface area contributed by atoms with Gasteiger partial charge in [0.15, 0.2) is 0 Å². The second-order valence-electron chi connectivity index (χ2n) is 6.37. The van der Waals surface area contributed by atoms with Crippen LogP contribution >= 0.6 is 0 Å². The molecule has 2 aromatic rings. The van der Waals surface area contributed by atoms with Crippen LogP contribution in [-0.2, 0) is 16.4 Å². The number of halogens is 3. The van der Waals surface area contributed by atoms with E-state index >= 15 is 0 Å². The lowest BCUT2D eigenvalue weighted by molar-refractivity contribution is -0.137. The fraction of sp³-hybridized carbons (Fsp3) is 0.412. The summed E-state index contributed by atoms with van der Waals surface area (Å²) in [6.45, 7) is 5.55. The lowest BCUT2D eigenvalue weighted by atomic mass is 9.83. The fourth-order valence-electron chi connectivity index (χ4n) is 2.31. The molecule has 0 unspecified atom stereocenters. The Morgan fingerprint density at radius 1 is 1.29 bits per heavy atom. The first-order valence-corrected chi connectivity index (χ1v) is 7.54. The van der Waals surface area contributed by atoms with Crippen LogP contribution in [-0.4, -0.2) is 22.0 Å². The second-order valence-corrected chi connectivity index (χ2v) is 6.37. The average Bonchev–Trinajstić information content (AvgIpc) is 3.05. The van der Waals surface area contributed by atoms with Gasteiger partial charge in [0.1, 0.15) is 6.04 Å². The number of alkyl halides is 3. The molecule has 1 N–H and O–H groups in total. The molecule has 0 fully saturated rings. The molecule has 0 spiro atoms. The van der Waals surface area contributed by atoms with Crippen molar-refractivity contribution >= 4 is 5.91 Å². The molecule has 1 aromatic heterocycles. The van der Waals surface area contributed by atoms with Crippen LogP contribution in [0, 0.1) is 0 Å². The van der Waals surface area contributed by atoms with Crippen molar-refractivity contribution in [1.29, 1.82) is 0 Å². The predicted molar refractivity (Wildman–Crippen MR) is 84.4 cm³/mol. The Labute approximate surface area is 138 Å². The lowest BCUT2D eigenvalue weighted by Gasteiger charge is -2.27. The summed E-state index contributed by atoms with van der Waals surface area (Å²) in [6.07, 6.45) is 0.423. The monoisotopic (exact) mass is 339 g/mol. The molecule has 1 heterocycles. The molecule has 1 amide bonds. The molecule has 0 radical (unpaired) electrons. The molecule has 0 bridgehead atoms. The summed E-state index contributed by atoms with van der Waals surface area (Å²) in [4.78, 5) is 16.1. The van der Waals surface area contributed by atoms with E-state index in [9.17, 15) is 18.0 Å². The van der Waals surface area contributed by atoms with E-state index in [0.29, 0.717) is 5.56 Å². The third-order valence-electron chi connectivity index (χ3n) is 4.03. The number of imidazole rings is 1. The number of amides is 1.